The zero-order valence-corrected chi connectivity index (χ0v) is 13.1. The van der Waals surface area contributed by atoms with Crippen molar-refractivity contribution in [3.8, 4) is 0 Å². The van der Waals surface area contributed by atoms with E-state index in [0.29, 0.717) is 17.6 Å². The van der Waals surface area contributed by atoms with Gasteiger partial charge in [-0.05, 0) is 19.3 Å². The number of anilines is 1. The summed E-state index contributed by atoms with van der Waals surface area (Å²) in [6.45, 7) is 4.79. The van der Waals surface area contributed by atoms with Crippen LogP contribution in [0.5, 0.6) is 0 Å². The van der Waals surface area contributed by atoms with Gasteiger partial charge < -0.3 is 9.84 Å². The number of aryl methyl sites for hydroxylation is 2. The van der Waals surface area contributed by atoms with Crippen LogP contribution in [-0.2, 0) is 19.4 Å². The van der Waals surface area contributed by atoms with Gasteiger partial charge in [-0.25, -0.2) is 9.97 Å². The zero-order valence-electron chi connectivity index (χ0n) is 12.3. The van der Waals surface area contributed by atoms with E-state index in [9.17, 15) is 0 Å². The minimum Gasteiger partial charge on any atom is -0.366 e. The summed E-state index contributed by atoms with van der Waals surface area (Å²) in [5.41, 5.74) is 2.13. The summed E-state index contributed by atoms with van der Waals surface area (Å²) in [7, 11) is 0. The van der Waals surface area contributed by atoms with E-state index in [4.69, 9.17) is 16.1 Å². The van der Waals surface area contributed by atoms with E-state index in [2.05, 4.69) is 34.3 Å². The molecule has 0 radical (unpaired) electrons. The molecule has 21 heavy (non-hydrogen) atoms. The highest BCUT2D eigenvalue weighted by Crippen LogP contribution is 2.38. The van der Waals surface area contributed by atoms with E-state index < -0.39 is 0 Å². The fraction of sp³-hybridized carbons (Fsp3) is 0.533. The van der Waals surface area contributed by atoms with Gasteiger partial charge in [0.15, 0.2) is 0 Å². The van der Waals surface area contributed by atoms with Gasteiger partial charge in [0.1, 0.15) is 22.6 Å². The smallest absolute Gasteiger partial charge is 0.141 e. The first kappa shape index (κ1) is 14.3. The summed E-state index contributed by atoms with van der Waals surface area (Å²) in [6.07, 6.45) is 4.01. The van der Waals surface area contributed by atoms with Crippen molar-refractivity contribution in [2.45, 2.75) is 52.0 Å². The van der Waals surface area contributed by atoms with Crippen LogP contribution < -0.4 is 5.32 Å². The molecule has 112 valence electrons. The molecule has 1 aliphatic rings. The number of rotatable bonds is 6. The first-order valence-corrected chi connectivity index (χ1v) is 7.83. The van der Waals surface area contributed by atoms with Crippen molar-refractivity contribution in [3.05, 3.63) is 34.1 Å². The highest BCUT2D eigenvalue weighted by molar-refractivity contribution is 6.29. The molecule has 2 aromatic rings. The SMILES string of the molecule is CCc1noc(CC)c1CNc1cc(Cl)nc(C2CC2)n1. The van der Waals surface area contributed by atoms with E-state index in [0.717, 1.165) is 54.3 Å². The number of hydrogen-bond acceptors (Lipinski definition) is 5. The van der Waals surface area contributed by atoms with Crippen molar-refractivity contribution in [3.63, 3.8) is 0 Å². The van der Waals surface area contributed by atoms with Crippen LogP contribution in [0.15, 0.2) is 10.6 Å². The maximum atomic E-state index is 6.08. The third-order valence-electron chi connectivity index (χ3n) is 3.71. The molecule has 2 heterocycles. The highest BCUT2D eigenvalue weighted by Gasteiger charge is 2.27. The van der Waals surface area contributed by atoms with E-state index >= 15 is 0 Å². The number of halogens is 1. The molecule has 0 bridgehead atoms. The molecule has 0 spiro atoms. The summed E-state index contributed by atoms with van der Waals surface area (Å²) in [5.74, 6) is 3.03. The highest BCUT2D eigenvalue weighted by atomic mass is 35.5. The van der Waals surface area contributed by atoms with Crippen LogP contribution in [0.3, 0.4) is 0 Å². The van der Waals surface area contributed by atoms with Gasteiger partial charge in [-0.15, -0.1) is 0 Å². The van der Waals surface area contributed by atoms with Gasteiger partial charge in [-0.3, -0.25) is 0 Å². The van der Waals surface area contributed by atoms with Gasteiger partial charge in [0.2, 0.25) is 0 Å². The number of hydrogen-bond donors (Lipinski definition) is 1. The van der Waals surface area contributed by atoms with Crippen molar-refractivity contribution in [1.29, 1.82) is 0 Å². The molecule has 1 saturated carbocycles. The Morgan fingerprint density at radius 2 is 2.10 bits per heavy atom. The first-order chi connectivity index (χ1) is 10.2. The molecule has 0 aliphatic heterocycles. The van der Waals surface area contributed by atoms with Crippen LogP contribution in [0, 0.1) is 0 Å². The Morgan fingerprint density at radius 1 is 1.29 bits per heavy atom. The maximum absolute atomic E-state index is 6.08. The predicted octanol–water partition coefficient (Wildman–Crippen LogP) is 3.73. The molecule has 1 fully saturated rings. The monoisotopic (exact) mass is 306 g/mol. The normalized spacial score (nSPS) is 14.4. The lowest BCUT2D eigenvalue weighted by molar-refractivity contribution is 0.380. The Bertz CT molecular complexity index is 615. The van der Waals surface area contributed by atoms with Crippen molar-refractivity contribution < 1.29 is 4.52 Å². The average molecular weight is 307 g/mol. The lowest BCUT2D eigenvalue weighted by atomic mass is 10.1. The maximum Gasteiger partial charge on any atom is 0.141 e. The third-order valence-corrected chi connectivity index (χ3v) is 3.90. The van der Waals surface area contributed by atoms with Gasteiger partial charge in [0, 0.05) is 30.5 Å². The van der Waals surface area contributed by atoms with Crippen LogP contribution in [-0.4, -0.2) is 15.1 Å². The fourth-order valence-corrected chi connectivity index (χ4v) is 2.56. The molecule has 6 heteroatoms. The number of aromatic nitrogens is 3. The molecular weight excluding hydrogens is 288 g/mol. The molecule has 2 aromatic heterocycles. The molecule has 0 amide bonds. The van der Waals surface area contributed by atoms with Crippen LogP contribution in [0.2, 0.25) is 5.15 Å². The quantitative estimate of drug-likeness (QED) is 0.824. The minimum atomic E-state index is 0.484. The molecule has 0 aromatic carbocycles. The van der Waals surface area contributed by atoms with E-state index in [1.807, 2.05) is 0 Å². The number of nitrogens with one attached hydrogen (secondary N) is 1. The molecule has 1 N–H and O–H groups in total. The molecule has 0 atom stereocenters. The van der Waals surface area contributed by atoms with Gasteiger partial charge in [-0.1, -0.05) is 30.6 Å². The molecule has 0 unspecified atom stereocenters. The Hall–Kier alpha value is -1.62. The molecular formula is C15H19ClN4O. The Balaban J connectivity index is 1.77. The van der Waals surface area contributed by atoms with Crippen molar-refractivity contribution in [2.24, 2.45) is 0 Å². The zero-order chi connectivity index (χ0) is 14.8. The van der Waals surface area contributed by atoms with Crippen molar-refractivity contribution >= 4 is 17.4 Å². The molecule has 3 rings (SSSR count). The molecule has 5 nitrogen and oxygen atoms in total. The summed E-state index contributed by atoms with van der Waals surface area (Å²) in [6, 6.07) is 1.76. The summed E-state index contributed by atoms with van der Waals surface area (Å²) in [4.78, 5) is 8.84. The van der Waals surface area contributed by atoms with Crippen LogP contribution >= 0.6 is 11.6 Å². The average Bonchev–Trinajstić information content (AvgIpc) is 3.25. The second kappa shape index (κ2) is 6.02. The Kier molecular flexibility index (Phi) is 4.10. The minimum absolute atomic E-state index is 0.484. The lowest BCUT2D eigenvalue weighted by Crippen LogP contribution is -2.06. The predicted molar refractivity (Wildman–Crippen MR) is 81.6 cm³/mol. The largest absolute Gasteiger partial charge is 0.366 e. The van der Waals surface area contributed by atoms with Crippen LogP contribution in [0.4, 0.5) is 5.82 Å². The van der Waals surface area contributed by atoms with Gasteiger partial charge in [0.25, 0.3) is 0 Å². The second-order valence-corrected chi connectivity index (χ2v) is 5.69. The van der Waals surface area contributed by atoms with E-state index in [1.54, 1.807) is 6.07 Å². The standard InChI is InChI=1S/C15H19ClN4O/c1-3-11-10(12(4-2)21-20-11)8-17-14-7-13(16)18-15(19-14)9-5-6-9/h7,9H,3-6,8H2,1-2H3,(H,17,18,19). The Labute approximate surface area is 129 Å². The van der Waals surface area contributed by atoms with Gasteiger partial charge in [0.05, 0.1) is 5.69 Å². The fourth-order valence-electron chi connectivity index (χ4n) is 2.37. The Morgan fingerprint density at radius 3 is 2.76 bits per heavy atom. The molecule has 1 aliphatic carbocycles. The second-order valence-electron chi connectivity index (χ2n) is 5.30. The van der Waals surface area contributed by atoms with E-state index in [-0.39, 0.29) is 0 Å². The topological polar surface area (TPSA) is 63.8 Å². The van der Waals surface area contributed by atoms with E-state index in [1.165, 1.54) is 0 Å². The summed E-state index contributed by atoms with van der Waals surface area (Å²) >= 11 is 6.08. The van der Waals surface area contributed by atoms with Crippen LogP contribution in [0.25, 0.3) is 0 Å². The number of nitrogens with zero attached hydrogens (tertiary/aromatic N) is 3. The van der Waals surface area contributed by atoms with Gasteiger partial charge >= 0.3 is 0 Å². The summed E-state index contributed by atoms with van der Waals surface area (Å²) in [5, 5.41) is 7.93. The lowest BCUT2D eigenvalue weighted by Gasteiger charge is -2.08. The van der Waals surface area contributed by atoms with Crippen molar-refractivity contribution in [1.82, 2.24) is 15.1 Å². The van der Waals surface area contributed by atoms with Crippen LogP contribution in [0.1, 0.15) is 55.4 Å². The molecule has 0 saturated heterocycles. The van der Waals surface area contributed by atoms with Crippen molar-refractivity contribution in [2.75, 3.05) is 5.32 Å². The summed E-state index contributed by atoms with van der Waals surface area (Å²) < 4.78 is 5.37. The third kappa shape index (κ3) is 3.18. The first-order valence-electron chi connectivity index (χ1n) is 7.45. The van der Waals surface area contributed by atoms with Gasteiger partial charge in [-0.2, -0.15) is 0 Å².